The first-order chi connectivity index (χ1) is 14.1. The molecule has 1 fully saturated rings. The third kappa shape index (κ3) is 3.33. The average molecular weight is 395 g/mol. The summed E-state index contributed by atoms with van der Waals surface area (Å²) in [5.74, 6) is 2.60. The highest BCUT2D eigenvalue weighted by Gasteiger charge is 2.28. The van der Waals surface area contributed by atoms with Gasteiger partial charge in [0.05, 0.1) is 5.52 Å². The zero-order valence-electron chi connectivity index (χ0n) is 16.6. The lowest BCUT2D eigenvalue weighted by Crippen LogP contribution is -2.44. The molecule has 29 heavy (non-hydrogen) atoms. The normalized spacial score (nSPS) is 22.0. The summed E-state index contributed by atoms with van der Waals surface area (Å²) in [6.07, 6.45) is 2.69. The topological polar surface area (TPSA) is 84.4 Å². The summed E-state index contributed by atoms with van der Waals surface area (Å²) in [5, 5.41) is 3.50. The summed E-state index contributed by atoms with van der Waals surface area (Å²) in [4.78, 5) is 22.5. The number of benzene rings is 1. The van der Waals surface area contributed by atoms with Gasteiger partial charge in [0.1, 0.15) is 18.7 Å². The molecule has 8 heteroatoms. The highest BCUT2D eigenvalue weighted by Crippen LogP contribution is 2.36. The third-order valence-electron chi connectivity index (χ3n) is 5.79. The summed E-state index contributed by atoms with van der Waals surface area (Å²) < 4.78 is 13.0. The summed E-state index contributed by atoms with van der Waals surface area (Å²) >= 11 is 0. The van der Waals surface area contributed by atoms with E-state index in [0.717, 1.165) is 31.0 Å². The van der Waals surface area contributed by atoms with E-state index in [1.807, 2.05) is 12.1 Å². The molecule has 0 bridgehead atoms. The molecule has 2 atom stereocenters. The maximum Gasteiger partial charge on any atom is 0.278 e. The van der Waals surface area contributed by atoms with Gasteiger partial charge in [-0.05, 0) is 43.1 Å². The maximum absolute atomic E-state index is 12.6. The van der Waals surface area contributed by atoms with Crippen LogP contribution in [0.1, 0.15) is 17.9 Å². The number of nitrogens with one attached hydrogen (secondary N) is 2. The van der Waals surface area contributed by atoms with Gasteiger partial charge in [-0.2, -0.15) is 0 Å². The first-order valence-electron chi connectivity index (χ1n) is 9.97. The van der Waals surface area contributed by atoms with Crippen LogP contribution < -0.4 is 20.3 Å². The summed E-state index contributed by atoms with van der Waals surface area (Å²) in [5.41, 5.74) is 2.39. The predicted octanol–water partition coefficient (Wildman–Crippen LogP) is 1.93. The molecule has 2 aliphatic rings. The number of hydrogen-bond donors (Lipinski definition) is 2. The van der Waals surface area contributed by atoms with E-state index < -0.39 is 0 Å². The second-order valence-electron chi connectivity index (χ2n) is 7.94. The van der Waals surface area contributed by atoms with E-state index in [1.165, 1.54) is 5.56 Å². The zero-order valence-corrected chi connectivity index (χ0v) is 16.6. The molecule has 8 nitrogen and oxygen atoms in total. The van der Waals surface area contributed by atoms with Gasteiger partial charge in [-0.3, -0.25) is 9.36 Å². The Hall–Kier alpha value is -3.00. The average Bonchev–Trinajstić information content (AvgIpc) is 3.20. The second kappa shape index (κ2) is 7.11. The Bertz CT molecular complexity index is 1110. The van der Waals surface area contributed by atoms with Gasteiger partial charge in [0.2, 0.25) is 5.95 Å². The van der Waals surface area contributed by atoms with E-state index in [0.29, 0.717) is 36.1 Å². The van der Waals surface area contributed by atoms with E-state index >= 15 is 0 Å². The number of nitrogens with zero attached hydrogens (tertiary/aromatic N) is 3. The molecule has 0 amide bonds. The van der Waals surface area contributed by atoms with Gasteiger partial charge in [0.15, 0.2) is 11.5 Å². The van der Waals surface area contributed by atoms with Crippen LogP contribution in [0.4, 0.5) is 5.95 Å². The van der Waals surface area contributed by atoms with Crippen molar-refractivity contribution >= 4 is 17.0 Å². The molecule has 1 aromatic carbocycles. The number of aromatic nitrogens is 3. The number of aromatic amines is 1. The molecule has 0 saturated carbocycles. The van der Waals surface area contributed by atoms with Crippen LogP contribution >= 0.6 is 0 Å². The molecular formula is C21H25N5O3. The molecule has 0 aliphatic carbocycles. The lowest BCUT2D eigenvalue weighted by Gasteiger charge is -2.37. The highest BCUT2D eigenvalue weighted by atomic mass is 16.6. The van der Waals surface area contributed by atoms with Gasteiger partial charge in [-0.15, -0.1) is 0 Å². The fourth-order valence-electron chi connectivity index (χ4n) is 4.37. The molecule has 0 unspecified atom stereocenters. The van der Waals surface area contributed by atoms with Crippen molar-refractivity contribution in [3.05, 3.63) is 46.4 Å². The van der Waals surface area contributed by atoms with Crippen LogP contribution in [0.25, 0.3) is 11.0 Å². The number of fused-ring (bicyclic) bond motifs is 2. The van der Waals surface area contributed by atoms with Crippen LogP contribution in [0, 0.1) is 0 Å². The number of rotatable bonds is 3. The third-order valence-corrected chi connectivity index (χ3v) is 5.79. The monoisotopic (exact) mass is 395 g/mol. The molecular weight excluding hydrogens is 370 g/mol. The Morgan fingerprint density at radius 2 is 1.97 bits per heavy atom. The number of piperidine rings is 1. The minimum atomic E-state index is -0.0740. The van der Waals surface area contributed by atoms with Gasteiger partial charge < -0.3 is 24.7 Å². The lowest BCUT2D eigenvalue weighted by molar-refractivity contribution is 0.171. The molecule has 1 saturated heterocycles. The Morgan fingerprint density at radius 1 is 1.14 bits per heavy atom. The van der Waals surface area contributed by atoms with Crippen molar-refractivity contribution in [1.82, 2.24) is 19.4 Å². The smallest absolute Gasteiger partial charge is 0.278 e. The van der Waals surface area contributed by atoms with Crippen molar-refractivity contribution in [2.45, 2.75) is 18.4 Å². The SMILES string of the molecule is CN1C[C@@H](Nc2nc3cc[nH]c3c(=O)n2C)C[C@@H](c2ccc3c(c2)OCCO3)C1. The van der Waals surface area contributed by atoms with Crippen molar-refractivity contribution < 1.29 is 9.47 Å². The largest absolute Gasteiger partial charge is 0.486 e. The van der Waals surface area contributed by atoms with Crippen LogP contribution in [-0.2, 0) is 7.05 Å². The number of likely N-dealkylation sites (tertiary alicyclic amines) is 1. The molecule has 152 valence electrons. The number of ether oxygens (including phenoxy) is 2. The first kappa shape index (κ1) is 18.1. The first-order valence-corrected chi connectivity index (χ1v) is 9.97. The Kier molecular flexibility index (Phi) is 4.43. The number of anilines is 1. The van der Waals surface area contributed by atoms with Crippen molar-refractivity contribution in [1.29, 1.82) is 0 Å². The van der Waals surface area contributed by atoms with E-state index in [4.69, 9.17) is 9.47 Å². The Balaban J connectivity index is 1.39. The minimum Gasteiger partial charge on any atom is -0.486 e. The molecule has 5 rings (SSSR count). The molecule has 4 heterocycles. The van der Waals surface area contributed by atoms with E-state index in [1.54, 1.807) is 17.8 Å². The summed E-state index contributed by atoms with van der Waals surface area (Å²) in [7, 11) is 3.88. The molecule has 0 spiro atoms. The van der Waals surface area contributed by atoms with Crippen molar-refractivity contribution in [3.63, 3.8) is 0 Å². The molecule has 2 aromatic heterocycles. The number of likely N-dealkylation sites (N-methyl/N-ethyl adjacent to an activating group) is 1. The van der Waals surface area contributed by atoms with Crippen LogP contribution in [0.5, 0.6) is 11.5 Å². The maximum atomic E-state index is 12.6. The molecule has 2 N–H and O–H groups in total. The Labute approximate surface area is 168 Å². The van der Waals surface area contributed by atoms with Crippen molar-refractivity contribution in [2.24, 2.45) is 7.05 Å². The van der Waals surface area contributed by atoms with Crippen LogP contribution in [0.15, 0.2) is 35.3 Å². The van der Waals surface area contributed by atoms with Crippen molar-refractivity contribution in [3.8, 4) is 11.5 Å². The fraction of sp³-hybridized carbons (Fsp3) is 0.429. The summed E-state index contributed by atoms with van der Waals surface area (Å²) in [6, 6.07) is 8.25. The molecule has 2 aliphatic heterocycles. The van der Waals surface area contributed by atoms with E-state index in [9.17, 15) is 4.79 Å². The molecule has 3 aromatic rings. The van der Waals surface area contributed by atoms with E-state index in [-0.39, 0.29) is 11.6 Å². The van der Waals surface area contributed by atoms with Crippen LogP contribution in [-0.4, -0.2) is 58.8 Å². The highest BCUT2D eigenvalue weighted by molar-refractivity contribution is 5.75. The quantitative estimate of drug-likeness (QED) is 0.705. The summed E-state index contributed by atoms with van der Waals surface area (Å²) in [6.45, 7) is 3.05. The predicted molar refractivity (Wildman–Crippen MR) is 111 cm³/mol. The number of hydrogen-bond acceptors (Lipinski definition) is 6. The van der Waals surface area contributed by atoms with Gasteiger partial charge in [-0.1, -0.05) is 6.07 Å². The second-order valence-corrected chi connectivity index (χ2v) is 7.94. The fourth-order valence-corrected chi connectivity index (χ4v) is 4.37. The standard InChI is InChI=1S/C21H25N5O3/c1-25-11-14(13-3-4-17-18(10-13)29-8-7-28-17)9-15(12-25)23-21-24-16-5-6-22-19(16)20(27)26(21)2/h3-6,10,14-15,22H,7-9,11-12H2,1-2H3,(H,23,24)/t14-,15+/m1/s1. The minimum absolute atomic E-state index is 0.0740. The van der Waals surface area contributed by atoms with Gasteiger partial charge in [-0.25, -0.2) is 4.98 Å². The van der Waals surface area contributed by atoms with Gasteiger partial charge in [0, 0.05) is 32.4 Å². The van der Waals surface area contributed by atoms with Crippen molar-refractivity contribution in [2.75, 3.05) is 38.7 Å². The molecule has 0 radical (unpaired) electrons. The zero-order chi connectivity index (χ0) is 20.0. The van der Waals surface area contributed by atoms with E-state index in [2.05, 4.69) is 39.4 Å². The van der Waals surface area contributed by atoms with Gasteiger partial charge >= 0.3 is 0 Å². The van der Waals surface area contributed by atoms with Crippen LogP contribution in [0.3, 0.4) is 0 Å². The lowest BCUT2D eigenvalue weighted by atomic mass is 9.88. The Morgan fingerprint density at radius 3 is 2.83 bits per heavy atom. The number of H-pyrrole nitrogens is 1. The van der Waals surface area contributed by atoms with Crippen LogP contribution in [0.2, 0.25) is 0 Å². The van der Waals surface area contributed by atoms with Gasteiger partial charge in [0.25, 0.3) is 5.56 Å².